The lowest BCUT2D eigenvalue weighted by Gasteiger charge is -2.10. The summed E-state index contributed by atoms with van der Waals surface area (Å²) < 4.78 is 7.06. The largest absolute Gasteiger partial charge is 0.496 e. The van der Waals surface area contributed by atoms with Crippen LogP contribution < -0.4 is 10.1 Å². The molecule has 2 aromatic rings. The summed E-state index contributed by atoms with van der Waals surface area (Å²) in [5.74, 6) is 0.840. The molecule has 0 fully saturated rings. The van der Waals surface area contributed by atoms with Crippen LogP contribution in [0.25, 0.3) is 0 Å². The molecule has 18 heavy (non-hydrogen) atoms. The summed E-state index contributed by atoms with van der Waals surface area (Å²) in [6, 6.07) is 5.60. The number of methoxy groups -OCH3 is 1. The first-order valence-corrected chi connectivity index (χ1v) is 6.04. The molecule has 0 unspecified atom stereocenters. The Morgan fingerprint density at radius 1 is 1.44 bits per heavy atom. The minimum atomic E-state index is 0.707. The van der Waals surface area contributed by atoms with Crippen molar-refractivity contribution >= 4 is 11.6 Å². The highest BCUT2D eigenvalue weighted by Crippen LogP contribution is 2.22. The third-order valence-corrected chi connectivity index (χ3v) is 2.78. The van der Waals surface area contributed by atoms with Gasteiger partial charge in [-0.1, -0.05) is 16.8 Å². The van der Waals surface area contributed by atoms with Crippen LogP contribution in [0, 0.1) is 0 Å². The van der Waals surface area contributed by atoms with Crippen molar-refractivity contribution in [2.24, 2.45) is 0 Å². The van der Waals surface area contributed by atoms with E-state index in [1.807, 2.05) is 24.4 Å². The first kappa shape index (κ1) is 12.9. The maximum absolute atomic E-state index is 5.96. The van der Waals surface area contributed by atoms with Crippen molar-refractivity contribution in [3.05, 3.63) is 41.2 Å². The molecule has 0 aliphatic rings. The third kappa shape index (κ3) is 3.45. The quantitative estimate of drug-likeness (QED) is 0.809. The van der Waals surface area contributed by atoms with Gasteiger partial charge in [0.1, 0.15) is 5.75 Å². The Labute approximate surface area is 111 Å². The van der Waals surface area contributed by atoms with Gasteiger partial charge in [0, 0.05) is 29.9 Å². The van der Waals surface area contributed by atoms with Gasteiger partial charge in [0.25, 0.3) is 0 Å². The summed E-state index contributed by atoms with van der Waals surface area (Å²) in [6.07, 6.45) is 3.50. The lowest BCUT2D eigenvalue weighted by atomic mass is 10.2. The Balaban J connectivity index is 1.84. The molecule has 1 aromatic carbocycles. The Morgan fingerprint density at radius 3 is 3.06 bits per heavy atom. The molecule has 0 aliphatic heterocycles. The number of aromatic nitrogens is 3. The minimum Gasteiger partial charge on any atom is -0.496 e. The van der Waals surface area contributed by atoms with Crippen molar-refractivity contribution in [1.82, 2.24) is 20.3 Å². The number of hydrogen-bond acceptors (Lipinski definition) is 4. The lowest BCUT2D eigenvalue weighted by Crippen LogP contribution is -2.20. The molecular formula is C12H15ClN4O. The molecule has 96 valence electrons. The van der Waals surface area contributed by atoms with E-state index in [1.54, 1.807) is 18.0 Å². The first-order valence-electron chi connectivity index (χ1n) is 5.67. The maximum atomic E-state index is 5.96. The summed E-state index contributed by atoms with van der Waals surface area (Å²) in [7, 11) is 1.65. The second-order valence-electron chi connectivity index (χ2n) is 3.80. The van der Waals surface area contributed by atoms with E-state index in [9.17, 15) is 0 Å². The van der Waals surface area contributed by atoms with E-state index in [2.05, 4.69) is 15.6 Å². The van der Waals surface area contributed by atoms with Gasteiger partial charge in [-0.15, -0.1) is 5.10 Å². The standard InChI is InChI=1S/C12H15ClN4O/c1-18-12-3-2-11(13)8-10(12)9-14-4-6-17-7-5-15-16-17/h2-3,5,7-8,14H,4,6,9H2,1H3. The van der Waals surface area contributed by atoms with Crippen molar-refractivity contribution in [3.8, 4) is 5.75 Å². The van der Waals surface area contributed by atoms with Gasteiger partial charge in [0.2, 0.25) is 0 Å². The lowest BCUT2D eigenvalue weighted by molar-refractivity contribution is 0.407. The monoisotopic (exact) mass is 266 g/mol. The molecule has 0 saturated heterocycles. The Hall–Kier alpha value is -1.59. The van der Waals surface area contributed by atoms with Gasteiger partial charge in [0.15, 0.2) is 0 Å². The number of nitrogens with one attached hydrogen (secondary N) is 1. The number of hydrogen-bond donors (Lipinski definition) is 1. The van der Waals surface area contributed by atoms with Gasteiger partial charge in [-0.2, -0.15) is 0 Å². The van der Waals surface area contributed by atoms with Crippen LogP contribution in [0.3, 0.4) is 0 Å². The molecule has 1 N–H and O–H groups in total. The summed E-state index contributed by atoms with van der Waals surface area (Å²) >= 11 is 5.96. The van der Waals surface area contributed by atoms with E-state index in [4.69, 9.17) is 16.3 Å². The highest BCUT2D eigenvalue weighted by Gasteiger charge is 2.03. The number of ether oxygens (including phenoxy) is 1. The fraction of sp³-hybridized carbons (Fsp3) is 0.333. The van der Waals surface area contributed by atoms with Crippen LogP contribution in [0.2, 0.25) is 5.02 Å². The summed E-state index contributed by atoms with van der Waals surface area (Å²) in [5.41, 5.74) is 1.04. The highest BCUT2D eigenvalue weighted by atomic mass is 35.5. The number of halogens is 1. The zero-order valence-corrected chi connectivity index (χ0v) is 10.9. The third-order valence-electron chi connectivity index (χ3n) is 2.55. The molecule has 1 aromatic heterocycles. The van der Waals surface area contributed by atoms with Gasteiger partial charge < -0.3 is 10.1 Å². The van der Waals surface area contributed by atoms with Crippen molar-refractivity contribution in [2.45, 2.75) is 13.1 Å². The second-order valence-corrected chi connectivity index (χ2v) is 4.24. The SMILES string of the molecule is COc1ccc(Cl)cc1CNCCn1ccnn1. The fourth-order valence-corrected chi connectivity index (χ4v) is 1.85. The average Bonchev–Trinajstić information content (AvgIpc) is 2.88. The van der Waals surface area contributed by atoms with Crippen LogP contribution >= 0.6 is 11.6 Å². The number of nitrogens with zero attached hydrogens (tertiary/aromatic N) is 3. The topological polar surface area (TPSA) is 52.0 Å². The Morgan fingerprint density at radius 2 is 2.33 bits per heavy atom. The zero-order valence-electron chi connectivity index (χ0n) is 10.1. The van der Waals surface area contributed by atoms with E-state index in [-0.39, 0.29) is 0 Å². The van der Waals surface area contributed by atoms with E-state index in [1.165, 1.54) is 0 Å². The Bertz CT molecular complexity index is 487. The molecule has 1 heterocycles. The predicted molar refractivity (Wildman–Crippen MR) is 69.7 cm³/mol. The molecule has 0 amide bonds. The molecule has 0 bridgehead atoms. The number of benzene rings is 1. The molecule has 0 atom stereocenters. The summed E-state index contributed by atoms with van der Waals surface area (Å²) in [5, 5.41) is 11.7. The van der Waals surface area contributed by atoms with Crippen LogP contribution in [-0.2, 0) is 13.1 Å². The van der Waals surface area contributed by atoms with Crippen molar-refractivity contribution in [3.63, 3.8) is 0 Å². The minimum absolute atomic E-state index is 0.707. The van der Waals surface area contributed by atoms with Gasteiger partial charge in [0.05, 0.1) is 19.9 Å². The molecular weight excluding hydrogens is 252 g/mol. The zero-order chi connectivity index (χ0) is 12.8. The molecule has 0 spiro atoms. The van der Waals surface area contributed by atoms with Crippen molar-refractivity contribution in [1.29, 1.82) is 0 Å². The van der Waals surface area contributed by atoms with Crippen LogP contribution in [-0.4, -0.2) is 28.6 Å². The number of rotatable bonds is 6. The Kier molecular flexibility index (Phi) is 4.55. The molecule has 6 heteroatoms. The highest BCUT2D eigenvalue weighted by molar-refractivity contribution is 6.30. The summed E-state index contributed by atoms with van der Waals surface area (Å²) in [6.45, 7) is 2.29. The van der Waals surface area contributed by atoms with E-state index >= 15 is 0 Å². The smallest absolute Gasteiger partial charge is 0.123 e. The average molecular weight is 267 g/mol. The summed E-state index contributed by atoms with van der Waals surface area (Å²) in [4.78, 5) is 0. The molecule has 0 saturated carbocycles. The molecule has 2 rings (SSSR count). The van der Waals surface area contributed by atoms with Gasteiger partial charge in [-0.25, -0.2) is 0 Å². The van der Waals surface area contributed by atoms with Gasteiger partial charge >= 0.3 is 0 Å². The van der Waals surface area contributed by atoms with E-state index < -0.39 is 0 Å². The second kappa shape index (κ2) is 6.37. The van der Waals surface area contributed by atoms with E-state index in [0.29, 0.717) is 11.6 Å². The fourth-order valence-electron chi connectivity index (χ4n) is 1.65. The van der Waals surface area contributed by atoms with E-state index in [0.717, 1.165) is 24.4 Å². The normalized spacial score (nSPS) is 10.6. The maximum Gasteiger partial charge on any atom is 0.123 e. The predicted octanol–water partition coefficient (Wildman–Crippen LogP) is 1.73. The molecule has 5 nitrogen and oxygen atoms in total. The van der Waals surface area contributed by atoms with Crippen LogP contribution in [0.1, 0.15) is 5.56 Å². The van der Waals surface area contributed by atoms with Crippen molar-refractivity contribution in [2.75, 3.05) is 13.7 Å². The first-order chi connectivity index (χ1) is 8.79. The van der Waals surface area contributed by atoms with Crippen LogP contribution in [0.15, 0.2) is 30.6 Å². The van der Waals surface area contributed by atoms with Gasteiger partial charge in [-0.05, 0) is 18.2 Å². The molecule has 0 radical (unpaired) electrons. The van der Waals surface area contributed by atoms with Crippen LogP contribution in [0.5, 0.6) is 5.75 Å². The molecule has 0 aliphatic carbocycles. The van der Waals surface area contributed by atoms with Crippen molar-refractivity contribution < 1.29 is 4.74 Å². The van der Waals surface area contributed by atoms with Gasteiger partial charge in [-0.3, -0.25) is 4.68 Å². The van der Waals surface area contributed by atoms with Crippen LogP contribution in [0.4, 0.5) is 0 Å².